The lowest BCUT2D eigenvalue weighted by Crippen LogP contribution is -1.96. The second-order valence-electron chi connectivity index (χ2n) is 7.77. The standard InChI is InChI=1S/C28H27NO3/c1-18-6-10-20(11-7-18)24-14-22(15-25(29-24)21-12-8-19(2)9-13-21)23-16-26(30-3)28(32-5)27(17-23)31-4/h6-17H,1-5H3. The van der Waals surface area contributed by atoms with Gasteiger partial charge in [-0.2, -0.15) is 0 Å². The molecule has 0 aliphatic rings. The van der Waals surface area contributed by atoms with Gasteiger partial charge in [-0.25, -0.2) is 4.98 Å². The quantitative estimate of drug-likeness (QED) is 0.344. The first-order chi connectivity index (χ1) is 15.5. The molecule has 0 saturated heterocycles. The number of hydrogen-bond acceptors (Lipinski definition) is 4. The molecule has 162 valence electrons. The highest BCUT2D eigenvalue weighted by molar-refractivity contribution is 5.79. The summed E-state index contributed by atoms with van der Waals surface area (Å²) in [6, 6.07) is 25.0. The zero-order valence-electron chi connectivity index (χ0n) is 19.1. The van der Waals surface area contributed by atoms with Crippen LogP contribution >= 0.6 is 0 Å². The van der Waals surface area contributed by atoms with Gasteiger partial charge in [0, 0.05) is 11.1 Å². The minimum absolute atomic E-state index is 0.574. The fraction of sp³-hybridized carbons (Fsp3) is 0.179. The monoisotopic (exact) mass is 425 g/mol. The van der Waals surface area contributed by atoms with Crippen molar-refractivity contribution in [2.45, 2.75) is 13.8 Å². The molecule has 32 heavy (non-hydrogen) atoms. The van der Waals surface area contributed by atoms with Crippen LogP contribution in [0.1, 0.15) is 11.1 Å². The zero-order valence-corrected chi connectivity index (χ0v) is 19.1. The van der Waals surface area contributed by atoms with Gasteiger partial charge in [-0.05, 0) is 49.2 Å². The maximum atomic E-state index is 5.58. The van der Waals surface area contributed by atoms with Gasteiger partial charge < -0.3 is 14.2 Å². The molecule has 0 aliphatic heterocycles. The Bertz CT molecular complexity index is 1140. The van der Waals surface area contributed by atoms with Gasteiger partial charge in [-0.3, -0.25) is 0 Å². The SMILES string of the molecule is COc1cc(-c2cc(-c3ccc(C)cc3)nc(-c3ccc(C)cc3)c2)cc(OC)c1OC. The highest BCUT2D eigenvalue weighted by atomic mass is 16.5. The second kappa shape index (κ2) is 9.15. The van der Waals surface area contributed by atoms with Gasteiger partial charge in [0.25, 0.3) is 0 Å². The lowest BCUT2D eigenvalue weighted by Gasteiger charge is -2.15. The molecule has 0 aliphatic carbocycles. The summed E-state index contributed by atoms with van der Waals surface area (Å²) >= 11 is 0. The first-order valence-electron chi connectivity index (χ1n) is 10.5. The molecule has 0 spiro atoms. The molecule has 3 aromatic carbocycles. The minimum atomic E-state index is 0.574. The van der Waals surface area contributed by atoms with Crippen LogP contribution in [-0.4, -0.2) is 26.3 Å². The molecule has 1 heterocycles. The first-order valence-corrected chi connectivity index (χ1v) is 10.5. The normalized spacial score (nSPS) is 10.7. The Labute approximate surface area is 189 Å². The van der Waals surface area contributed by atoms with Crippen molar-refractivity contribution in [2.24, 2.45) is 0 Å². The summed E-state index contributed by atoms with van der Waals surface area (Å²) in [6.45, 7) is 4.17. The van der Waals surface area contributed by atoms with E-state index in [0.717, 1.165) is 33.6 Å². The zero-order chi connectivity index (χ0) is 22.7. The van der Waals surface area contributed by atoms with Gasteiger partial charge in [0.2, 0.25) is 5.75 Å². The van der Waals surface area contributed by atoms with E-state index in [0.29, 0.717) is 17.2 Å². The Kier molecular flexibility index (Phi) is 6.13. The molecule has 0 N–H and O–H groups in total. The van der Waals surface area contributed by atoms with Crippen LogP contribution in [0, 0.1) is 13.8 Å². The van der Waals surface area contributed by atoms with Crippen LogP contribution in [-0.2, 0) is 0 Å². The number of aromatic nitrogens is 1. The number of nitrogens with zero attached hydrogens (tertiary/aromatic N) is 1. The van der Waals surface area contributed by atoms with E-state index in [9.17, 15) is 0 Å². The molecule has 0 amide bonds. The Morgan fingerprint density at radius 3 is 1.28 bits per heavy atom. The smallest absolute Gasteiger partial charge is 0.203 e. The average molecular weight is 426 g/mol. The van der Waals surface area contributed by atoms with E-state index in [2.05, 4.69) is 74.5 Å². The van der Waals surface area contributed by atoms with Gasteiger partial charge in [0.05, 0.1) is 32.7 Å². The van der Waals surface area contributed by atoms with E-state index in [4.69, 9.17) is 19.2 Å². The number of hydrogen-bond donors (Lipinski definition) is 0. The van der Waals surface area contributed by atoms with Crippen LogP contribution in [0.2, 0.25) is 0 Å². The number of pyridine rings is 1. The molecular weight excluding hydrogens is 398 g/mol. The van der Waals surface area contributed by atoms with Crippen molar-refractivity contribution < 1.29 is 14.2 Å². The van der Waals surface area contributed by atoms with E-state index in [-0.39, 0.29) is 0 Å². The Balaban J connectivity index is 1.93. The van der Waals surface area contributed by atoms with E-state index in [1.807, 2.05) is 12.1 Å². The number of benzene rings is 3. The molecule has 4 heteroatoms. The Morgan fingerprint density at radius 1 is 0.500 bits per heavy atom. The molecule has 0 radical (unpaired) electrons. The van der Waals surface area contributed by atoms with E-state index < -0.39 is 0 Å². The average Bonchev–Trinajstić information content (AvgIpc) is 2.83. The summed E-state index contributed by atoms with van der Waals surface area (Å²) in [4.78, 5) is 4.99. The third-order valence-electron chi connectivity index (χ3n) is 5.52. The van der Waals surface area contributed by atoms with Crippen LogP contribution in [0.3, 0.4) is 0 Å². The third kappa shape index (κ3) is 4.30. The number of rotatable bonds is 6. The second-order valence-corrected chi connectivity index (χ2v) is 7.77. The van der Waals surface area contributed by atoms with Crippen LogP contribution in [0.4, 0.5) is 0 Å². The molecule has 0 saturated carbocycles. The summed E-state index contributed by atoms with van der Waals surface area (Å²) in [7, 11) is 4.86. The van der Waals surface area contributed by atoms with Crippen molar-refractivity contribution in [2.75, 3.05) is 21.3 Å². The van der Waals surface area contributed by atoms with Crippen molar-refractivity contribution >= 4 is 0 Å². The van der Waals surface area contributed by atoms with Gasteiger partial charge >= 0.3 is 0 Å². The van der Waals surface area contributed by atoms with Crippen LogP contribution in [0.5, 0.6) is 17.2 Å². The molecule has 4 nitrogen and oxygen atoms in total. The van der Waals surface area contributed by atoms with Crippen LogP contribution < -0.4 is 14.2 Å². The molecule has 0 unspecified atom stereocenters. The summed E-state index contributed by atoms with van der Waals surface area (Å²) in [6.07, 6.45) is 0. The Hall–Kier alpha value is -3.79. The van der Waals surface area contributed by atoms with Crippen molar-refractivity contribution in [1.29, 1.82) is 0 Å². The summed E-state index contributed by atoms with van der Waals surface area (Å²) in [5.41, 5.74) is 8.37. The third-order valence-corrected chi connectivity index (χ3v) is 5.52. The topological polar surface area (TPSA) is 40.6 Å². The largest absolute Gasteiger partial charge is 0.493 e. The van der Waals surface area contributed by atoms with E-state index in [1.54, 1.807) is 21.3 Å². The van der Waals surface area contributed by atoms with Gasteiger partial charge in [-0.1, -0.05) is 59.7 Å². The summed E-state index contributed by atoms with van der Waals surface area (Å²) in [5, 5.41) is 0. The van der Waals surface area contributed by atoms with Gasteiger partial charge in [0.15, 0.2) is 11.5 Å². The fourth-order valence-corrected chi connectivity index (χ4v) is 3.69. The molecular formula is C28H27NO3. The maximum Gasteiger partial charge on any atom is 0.203 e. The van der Waals surface area contributed by atoms with Crippen LogP contribution in [0.15, 0.2) is 72.8 Å². The van der Waals surface area contributed by atoms with Gasteiger partial charge in [0.1, 0.15) is 0 Å². The molecule has 4 aromatic rings. The predicted octanol–water partition coefficient (Wildman–Crippen LogP) is 6.73. The fourth-order valence-electron chi connectivity index (χ4n) is 3.69. The molecule has 0 bridgehead atoms. The number of ether oxygens (including phenoxy) is 3. The number of aryl methyl sites for hydroxylation is 2. The highest BCUT2D eigenvalue weighted by Gasteiger charge is 2.16. The lowest BCUT2D eigenvalue weighted by atomic mass is 9.98. The van der Waals surface area contributed by atoms with E-state index >= 15 is 0 Å². The summed E-state index contributed by atoms with van der Waals surface area (Å²) in [5.74, 6) is 1.81. The lowest BCUT2D eigenvalue weighted by molar-refractivity contribution is 0.324. The van der Waals surface area contributed by atoms with Gasteiger partial charge in [-0.15, -0.1) is 0 Å². The number of methoxy groups -OCH3 is 3. The van der Waals surface area contributed by atoms with Crippen molar-refractivity contribution in [3.63, 3.8) is 0 Å². The molecule has 0 atom stereocenters. The molecule has 1 aromatic heterocycles. The van der Waals surface area contributed by atoms with Crippen molar-refractivity contribution in [1.82, 2.24) is 4.98 Å². The van der Waals surface area contributed by atoms with E-state index in [1.165, 1.54) is 11.1 Å². The Morgan fingerprint density at radius 2 is 0.906 bits per heavy atom. The highest BCUT2D eigenvalue weighted by Crippen LogP contribution is 2.42. The predicted molar refractivity (Wildman–Crippen MR) is 130 cm³/mol. The maximum absolute atomic E-state index is 5.58. The summed E-state index contributed by atoms with van der Waals surface area (Å²) < 4.78 is 16.6. The first kappa shape index (κ1) is 21.4. The molecule has 4 rings (SSSR count). The minimum Gasteiger partial charge on any atom is -0.493 e. The van der Waals surface area contributed by atoms with Crippen molar-refractivity contribution in [3.8, 4) is 50.9 Å². The molecule has 0 fully saturated rings. The van der Waals surface area contributed by atoms with Crippen LogP contribution in [0.25, 0.3) is 33.6 Å². The van der Waals surface area contributed by atoms with Crippen molar-refractivity contribution in [3.05, 3.63) is 83.9 Å².